The number of hydrogen-bond donors (Lipinski definition) is 2. The van der Waals surface area contributed by atoms with Crippen LogP contribution in [0.25, 0.3) is 16.8 Å². The molecule has 31 heavy (non-hydrogen) atoms. The molecule has 1 aliphatic heterocycles. The van der Waals surface area contributed by atoms with Crippen molar-refractivity contribution >= 4 is 29.3 Å². The first-order chi connectivity index (χ1) is 15.2. The van der Waals surface area contributed by atoms with Crippen molar-refractivity contribution in [3.63, 3.8) is 0 Å². The maximum Gasteiger partial charge on any atom is 0.251 e. The maximum absolute atomic E-state index is 12.3. The zero-order valence-corrected chi connectivity index (χ0v) is 18.3. The summed E-state index contributed by atoms with van der Waals surface area (Å²) in [6.07, 6.45) is 8.05. The zero-order chi connectivity index (χ0) is 21.2. The Morgan fingerprint density at radius 3 is 2.65 bits per heavy atom. The van der Waals surface area contributed by atoms with E-state index in [-0.39, 0.29) is 5.91 Å². The molecule has 8 nitrogen and oxygen atoms in total. The quantitative estimate of drug-likeness (QED) is 0.547. The fraction of sp³-hybridized carbons (Fsp3) is 0.455. The second-order valence-corrected chi connectivity index (χ2v) is 8.86. The van der Waals surface area contributed by atoms with Crippen LogP contribution in [0.4, 0.5) is 5.95 Å². The van der Waals surface area contributed by atoms with Crippen LogP contribution in [0.2, 0.25) is 0 Å². The van der Waals surface area contributed by atoms with Crippen LogP contribution in [0.1, 0.15) is 36.0 Å². The summed E-state index contributed by atoms with van der Waals surface area (Å²) in [5.41, 5.74) is 3.31. The summed E-state index contributed by atoms with van der Waals surface area (Å²) in [6.45, 7) is 2.48. The third kappa shape index (κ3) is 4.52. The monoisotopic (exact) mass is 438 g/mol. The summed E-state index contributed by atoms with van der Waals surface area (Å²) in [5, 5.41) is 11.7. The van der Waals surface area contributed by atoms with Gasteiger partial charge in [0.05, 0.1) is 6.20 Å². The molecule has 2 N–H and O–H groups in total. The minimum atomic E-state index is -0.0134. The van der Waals surface area contributed by atoms with Gasteiger partial charge in [-0.1, -0.05) is 23.9 Å². The van der Waals surface area contributed by atoms with Crippen LogP contribution >= 0.6 is 11.8 Å². The molecule has 2 aliphatic rings. The van der Waals surface area contributed by atoms with Crippen LogP contribution in [0.3, 0.4) is 0 Å². The molecule has 1 saturated heterocycles. The van der Waals surface area contributed by atoms with Gasteiger partial charge in [-0.2, -0.15) is 14.6 Å². The van der Waals surface area contributed by atoms with Crippen molar-refractivity contribution in [2.24, 2.45) is 5.92 Å². The number of hydrogen-bond acceptors (Lipinski definition) is 7. The van der Waals surface area contributed by atoms with Crippen molar-refractivity contribution in [2.45, 2.75) is 36.9 Å². The number of anilines is 1. The van der Waals surface area contributed by atoms with Gasteiger partial charge in [-0.3, -0.25) is 4.79 Å². The molecule has 0 atom stereocenters. The van der Waals surface area contributed by atoms with Crippen LogP contribution in [0.5, 0.6) is 0 Å². The van der Waals surface area contributed by atoms with Crippen LogP contribution in [-0.4, -0.2) is 57.5 Å². The van der Waals surface area contributed by atoms with Crippen molar-refractivity contribution in [2.75, 3.05) is 31.3 Å². The average Bonchev–Trinajstić information content (AvgIpc) is 3.53. The molecule has 1 aliphatic carbocycles. The third-order valence-electron chi connectivity index (χ3n) is 5.79. The first kappa shape index (κ1) is 20.3. The molecular weight excluding hydrogens is 412 g/mol. The van der Waals surface area contributed by atoms with Gasteiger partial charge in [0, 0.05) is 36.9 Å². The van der Waals surface area contributed by atoms with E-state index in [4.69, 9.17) is 9.72 Å². The van der Waals surface area contributed by atoms with Crippen LogP contribution in [0.15, 0.2) is 35.6 Å². The minimum Gasteiger partial charge on any atom is -0.381 e. The highest BCUT2D eigenvalue weighted by atomic mass is 32.2. The highest BCUT2D eigenvalue weighted by Gasteiger charge is 2.24. The number of benzene rings is 1. The van der Waals surface area contributed by atoms with Gasteiger partial charge < -0.3 is 15.4 Å². The molecule has 0 spiro atoms. The normalized spacial score (nSPS) is 17.1. The summed E-state index contributed by atoms with van der Waals surface area (Å²) >= 11 is 1.51. The lowest BCUT2D eigenvalue weighted by Crippen LogP contribution is -2.25. The van der Waals surface area contributed by atoms with E-state index in [1.54, 1.807) is 4.52 Å². The summed E-state index contributed by atoms with van der Waals surface area (Å²) in [6, 6.07) is 7.97. The zero-order valence-electron chi connectivity index (χ0n) is 17.5. The van der Waals surface area contributed by atoms with Crippen LogP contribution in [0, 0.1) is 5.92 Å². The Bertz CT molecular complexity index is 1070. The smallest absolute Gasteiger partial charge is 0.251 e. The van der Waals surface area contributed by atoms with E-state index in [9.17, 15) is 4.79 Å². The van der Waals surface area contributed by atoms with E-state index < -0.39 is 0 Å². The first-order valence-electron chi connectivity index (χ1n) is 10.7. The number of thioether (sulfide) groups is 1. The fourth-order valence-corrected chi connectivity index (χ4v) is 4.11. The van der Waals surface area contributed by atoms with Gasteiger partial charge in [0.2, 0.25) is 5.95 Å². The summed E-state index contributed by atoms with van der Waals surface area (Å²) in [5.74, 6) is 1.26. The topological polar surface area (TPSA) is 93.4 Å². The minimum absolute atomic E-state index is 0.0134. The van der Waals surface area contributed by atoms with Gasteiger partial charge >= 0.3 is 0 Å². The Labute approximate surface area is 185 Å². The SMILES string of the molecule is CSc1nc(NCC2CCOCC2)n2ncc(-c3ccc(C(=O)NC4CC4)cc3)c2n1. The Morgan fingerprint density at radius 2 is 1.94 bits per heavy atom. The molecule has 3 heterocycles. The predicted molar refractivity (Wildman–Crippen MR) is 121 cm³/mol. The number of fused-ring (bicyclic) bond motifs is 1. The molecule has 5 rings (SSSR count). The lowest BCUT2D eigenvalue weighted by Gasteiger charge is -2.22. The number of nitrogens with zero attached hydrogens (tertiary/aromatic N) is 4. The van der Waals surface area contributed by atoms with Gasteiger partial charge in [-0.05, 0) is 55.6 Å². The van der Waals surface area contributed by atoms with E-state index in [0.717, 1.165) is 62.2 Å². The molecule has 162 valence electrons. The van der Waals surface area contributed by atoms with Gasteiger partial charge in [0.15, 0.2) is 10.8 Å². The number of rotatable bonds is 7. The Balaban J connectivity index is 1.40. The van der Waals surface area contributed by atoms with Crippen molar-refractivity contribution < 1.29 is 9.53 Å². The van der Waals surface area contributed by atoms with Gasteiger partial charge in [0.1, 0.15) is 0 Å². The molecule has 9 heteroatoms. The first-order valence-corrected chi connectivity index (χ1v) is 12.0. The largest absolute Gasteiger partial charge is 0.381 e. The second kappa shape index (κ2) is 8.84. The standard InChI is InChI=1S/C22H26N6O2S/c1-31-22-26-19-18(15-2-4-16(5-3-15)20(29)25-17-6-7-17)13-24-28(19)21(27-22)23-12-14-8-10-30-11-9-14/h2-5,13-14,17H,6-12H2,1H3,(H,25,29)(H,23,26,27). The Morgan fingerprint density at radius 1 is 1.16 bits per heavy atom. The van der Waals surface area contributed by atoms with Crippen molar-refractivity contribution in [3.05, 3.63) is 36.0 Å². The van der Waals surface area contributed by atoms with Crippen LogP contribution in [-0.2, 0) is 4.74 Å². The van der Waals surface area contributed by atoms with Crippen molar-refractivity contribution in [3.8, 4) is 11.1 Å². The van der Waals surface area contributed by atoms with E-state index >= 15 is 0 Å². The lowest BCUT2D eigenvalue weighted by molar-refractivity contribution is 0.0699. The van der Waals surface area contributed by atoms with E-state index in [1.807, 2.05) is 36.7 Å². The second-order valence-electron chi connectivity index (χ2n) is 8.09. The fourth-order valence-electron chi connectivity index (χ4n) is 3.75. The molecule has 0 bridgehead atoms. The third-order valence-corrected chi connectivity index (χ3v) is 6.34. The number of nitrogens with one attached hydrogen (secondary N) is 2. The summed E-state index contributed by atoms with van der Waals surface area (Å²) < 4.78 is 7.22. The molecule has 2 aromatic heterocycles. The number of carbonyl (C=O) groups is 1. The molecule has 1 amide bonds. The molecule has 3 aromatic rings. The average molecular weight is 439 g/mol. The molecule has 1 aromatic carbocycles. The van der Waals surface area contributed by atoms with E-state index in [0.29, 0.717) is 28.6 Å². The summed E-state index contributed by atoms with van der Waals surface area (Å²) in [4.78, 5) is 21.6. The number of carbonyl (C=O) groups excluding carboxylic acids is 1. The Hall–Kier alpha value is -2.65. The van der Waals surface area contributed by atoms with Gasteiger partial charge in [-0.25, -0.2) is 4.98 Å². The Kier molecular flexibility index (Phi) is 5.78. The van der Waals surface area contributed by atoms with E-state index in [2.05, 4.69) is 20.7 Å². The molecule has 0 radical (unpaired) electrons. The lowest BCUT2D eigenvalue weighted by atomic mass is 10.0. The molecule has 1 saturated carbocycles. The molecule has 0 unspecified atom stereocenters. The van der Waals surface area contributed by atoms with Crippen molar-refractivity contribution in [1.29, 1.82) is 0 Å². The molecular formula is C22H26N6O2S. The molecule has 2 fully saturated rings. The van der Waals surface area contributed by atoms with Crippen LogP contribution < -0.4 is 10.6 Å². The number of aromatic nitrogens is 4. The summed E-state index contributed by atoms with van der Waals surface area (Å²) in [7, 11) is 0. The highest BCUT2D eigenvalue weighted by molar-refractivity contribution is 7.98. The van der Waals surface area contributed by atoms with Crippen molar-refractivity contribution in [1.82, 2.24) is 24.9 Å². The predicted octanol–water partition coefficient (Wildman–Crippen LogP) is 3.24. The van der Waals surface area contributed by atoms with Gasteiger partial charge in [-0.15, -0.1) is 0 Å². The van der Waals surface area contributed by atoms with Gasteiger partial charge in [0.25, 0.3) is 5.91 Å². The van der Waals surface area contributed by atoms with E-state index in [1.165, 1.54) is 11.8 Å². The highest BCUT2D eigenvalue weighted by Crippen LogP contribution is 2.27. The number of amides is 1. The maximum atomic E-state index is 12.3. The number of ether oxygens (including phenoxy) is 1.